The summed E-state index contributed by atoms with van der Waals surface area (Å²) in [7, 11) is 0. The molecule has 2 unspecified atom stereocenters. The quantitative estimate of drug-likeness (QED) is 0.310. The van der Waals surface area contributed by atoms with Gasteiger partial charge >= 0.3 is 12.1 Å². The number of anilines is 1. The molecule has 0 spiro atoms. The fourth-order valence-electron chi connectivity index (χ4n) is 3.61. The van der Waals surface area contributed by atoms with Gasteiger partial charge in [0.2, 0.25) is 0 Å². The van der Waals surface area contributed by atoms with E-state index in [9.17, 15) is 14.7 Å². The largest absolute Gasteiger partial charge is 0.474 e. The van der Waals surface area contributed by atoms with Gasteiger partial charge in [0.15, 0.2) is 6.23 Å². The van der Waals surface area contributed by atoms with Crippen molar-refractivity contribution < 1.29 is 29.3 Å². The van der Waals surface area contributed by atoms with Crippen molar-refractivity contribution in [3.63, 3.8) is 0 Å². The molecule has 0 fully saturated rings. The zero-order valence-corrected chi connectivity index (χ0v) is 20.6. The molecule has 1 aromatic carbocycles. The number of aliphatic hydroxyl groups is 1. The van der Waals surface area contributed by atoms with Gasteiger partial charge in [0.25, 0.3) is 0 Å². The third-order valence-corrected chi connectivity index (χ3v) is 5.14. The fourth-order valence-corrected chi connectivity index (χ4v) is 3.61. The van der Waals surface area contributed by atoms with Gasteiger partial charge in [-0.3, -0.25) is 15.8 Å². The Kier molecular flexibility index (Phi) is 8.63. The Morgan fingerprint density at radius 2 is 1.76 bits per heavy atom. The molecule has 34 heavy (non-hydrogen) atoms. The van der Waals surface area contributed by atoms with Gasteiger partial charge in [-0.1, -0.05) is 19.9 Å². The Balaban J connectivity index is 2.34. The van der Waals surface area contributed by atoms with Gasteiger partial charge in [0, 0.05) is 11.8 Å². The molecule has 1 heterocycles. The second-order valence-electron chi connectivity index (χ2n) is 9.90. The van der Waals surface area contributed by atoms with Gasteiger partial charge in [-0.2, -0.15) is 0 Å². The molecule has 1 aromatic heterocycles. The molecule has 0 saturated heterocycles. The molecule has 0 aliphatic rings. The smallest absolute Gasteiger partial charge is 0.410 e. The number of ether oxygens (including phenoxy) is 2. The lowest BCUT2D eigenvalue weighted by atomic mass is 9.80. The van der Waals surface area contributed by atoms with E-state index >= 15 is 0 Å². The van der Waals surface area contributed by atoms with E-state index in [-0.39, 0.29) is 18.3 Å². The first-order chi connectivity index (χ1) is 15.7. The van der Waals surface area contributed by atoms with Crippen LogP contribution in [-0.4, -0.2) is 39.1 Å². The molecule has 186 valence electrons. The second kappa shape index (κ2) is 10.8. The lowest BCUT2D eigenvalue weighted by Crippen LogP contribution is -2.52. The number of nitrogens with zero attached hydrogens (tertiary/aromatic N) is 1. The van der Waals surface area contributed by atoms with Crippen molar-refractivity contribution in [3.8, 4) is 16.9 Å². The Morgan fingerprint density at radius 3 is 2.32 bits per heavy atom. The van der Waals surface area contributed by atoms with E-state index in [0.29, 0.717) is 23.3 Å². The van der Waals surface area contributed by atoms with E-state index in [0.717, 1.165) is 5.56 Å². The van der Waals surface area contributed by atoms with Gasteiger partial charge in [0.1, 0.15) is 22.6 Å². The molecule has 0 radical (unpaired) electrons. The van der Waals surface area contributed by atoms with Crippen LogP contribution in [0.1, 0.15) is 53.5 Å². The third kappa shape index (κ3) is 7.16. The number of carbonyl (C=O) groups is 2. The lowest BCUT2D eigenvalue weighted by Gasteiger charge is -2.37. The predicted octanol–water partition coefficient (Wildman–Crippen LogP) is 4.39. The first kappa shape index (κ1) is 27.1. The molecule has 0 aliphatic carbocycles. The van der Waals surface area contributed by atoms with E-state index in [1.807, 2.05) is 13.8 Å². The van der Waals surface area contributed by atoms with E-state index in [1.165, 1.54) is 6.20 Å². The van der Waals surface area contributed by atoms with Crippen LogP contribution in [0.2, 0.25) is 0 Å². The fraction of sp³-hybridized carbons (Fsp3) is 0.480. The number of rotatable bonds is 9. The average molecular weight is 474 g/mol. The number of pyridine rings is 1. The Hall–Kier alpha value is -3.17. The first-order valence-electron chi connectivity index (χ1n) is 11.1. The van der Waals surface area contributed by atoms with Gasteiger partial charge in [0.05, 0.1) is 6.61 Å². The molecule has 0 aliphatic heterocycles. The zero-order valence-electron chi connectivity index (χ0n) is 20.6. The number of aromatic nitrogens is 1. The predicted molar refractivity (Wildman–Crippen MR) is 129 cm³/mol. The number of aliphatic hydroxyl groups excluding tert-OH is 1. The number of nitrogens with one attached hydrogen (secondary N) is 1. The Bertz CT molecular complexity index is 1020. The van der Waals surface area contributed by atoms with Crippen LogP contribution >= 0.6 is 0 Å². The molecule has 2 atom stereocenters. The number of carboxylic acid groups (broad SMARTS) is 1. The summed E-state index contributed by atoms with van der Waals surface area (Å²) in [5.41, 5.74) is 6.51. The number of nitrogens with two attached hydrogens (primary N) is 1. The number of benzene rings is 1. The van der Waals surface area contributed by atoms with Crippen molar-refractivity contribution in [1.29, 1.82) is 0 Å². The van der Waals surface area contributed by atoms with Crippen molar-refractivity contribution in [2.45, 2.75) is 66.4 Å². The summed E-state index contributed by atoms with van der Waals surface area (Å²) >= 11 is 0. The summed E-state index contributed by atoms with van der Waals surface area (Å²) in [6.45, 7) is 10.8. The molecule has 2 rings (SSSR count). The minimum absolute atomic E-state index is 0.159. The van der Waals surface area contributed by atoms with E-state index in [4.69, 9.17) is 20.3 Å². The number of amides is 1. The van der Waals surface area contributed by atoms with Crippen LogP contribution in [0.5, 0.6) is 5.75 Å². The summed E-state index contributed by atoms with van der Waals surface area (Å²) in [6.07, 6.45) is -0.301. The second-order valence-corrected chi connectivity index (χ2v) is 9.90. The third-order valence-electron chi connectivity index (χ3n) is 5.14. The maximum absolute atomic E-state index is 13.1. The van der Waals surface area contributed by atoms with Crippen LogP contribution in [0.25, 0.3) is 11.1 Å². The lowest BCUT2D eigenvalue weighted by molar-refractivity contribution is -0.174. The van der Waals surface area contributed by atoms with E-state index in [1.54, 1.807) is 58.0 Å². The van der Waals surface area contributed by atoms with Gasteiger partial charge in [-0.15, -0.1) is 0 Å². The van der Waals surface area contributed by atoms with Crippen molar-refractivity contribution in [3.05, 3.63) is 42.1 Å². The standard InChI is InChI=1S/C25H35N3O6/c1-15(2)13-25(6,22(30)34-24(3,4)5)21(26)33-19-8-7-16(11-18(19)14-29)17-9-10-27-20(12-17)28-23(31)32/h7-12,15,21,29H,13-14,26H2,1-6H3,(H,27,28)(H,31,32). The van der Waals surface area contributed by atoms with E-state index in [2.05, 4.69) is 10.3 Å². The van der Waals surface area contributed by atoms with Gasteiger partial charge in [-0.05, 0) is 75.4 Å². The molecule has 1 amide bonds. The molecule has 9 nitrogen and oxygen atoms in total. The highest BCUT2D eigenvalue weighted by Crippen LogP contribution is 2.35. The minimum atomic E-state index is -1.21. The highest BCUT2D eigenvalue weighted by atomic mass is 16.6. The summed E-state index contributed by atoms with van der Waals surface area (Å²) in [6, 6.07) is 8.44. The maximum Gasteiger partial charge on any atom is 0.410 e. The molecule has 9 heteroatoms. The van der Waals surface area contributed by atoms with Crippen molar-refractivity contribution in [2.24, 2.45) is 17.1 Å². The highest BCUT2D eigenvalue weighted by Gasteiger charge is 2.45. The highest BCUT2D eigenvalue weighted by molar-refractivity contribution is 5.83. The Morgan fingerprint density at radius 1 is 1.12 bits per heavy atom. The molecule has 5 N–H and O–H groups in total. The summed E-state index contributed by atoms with van der Waals surface area (Å²) in [5.74, 6) is 0.237. The molecule has 0 bridgehead atoms. The SMILES string of the molecule is CC(C)CC(C)(C(=O)OC(C)(C)C)C(N)Oc1ccc(-c2ccnc(NC(=O)O)c2)cc1CO. The molecule has 0 saturated carbocycles. The summed E-state index contributed by atoms with van der Waals surface area (Å²) in [5, 5.41) is 21.1. The number of hydrogen-bond donors (Lipinski definition) is 4. The Labute approximate surface area is 200 Å². The van der Waals surface area contributed by atoms with Crippen LogP contribution in [0, 0.1) is 11.3 Å². The van der Waals surface area contributed by atoms with Crippen LogP contribution in [0.15, 0.2) is 36.5 Å². The van der Waals surface area contributed by atoms with Gasteiger partial charge < -0.3 is 19.7 Å². The number of hydrogen-bond acceptors (Lipinski definition) is 7. The average Bonchev–Trinajstić information content (AvgIpc) is 2.71. The summed E-state index contributed by atoms with van der Waals surface area (Å²) in [4.78, 5) is 27.9. The van der Waals surface area contributed by atoms with Crippen LogP contribution in [-0.2, 0) is 16.1 Å². The van der Waals surface area contributed by atoms with E-state index < -0.39 is 29.3 Å². The monoisotopic (exact) mass is 473 g/mol. The molecule has 2 aromatic rings. The number of carbonyl (C=O) groups excluding carboxylic acids is 1. The van der Waals surface area contributed by atoms with Crippen molar-refractivity contribution >= 4 is 17.9 Å². The van der Waals surface area contributed by atoms with Gasteiger partial charge in [-0.25, -0.2) is 9.78 Å². The molecular weight excluding hydrogens is 438 g/mol. The molecular formula is C25H35N3O6. The van der Waals surface area contributed by atoms with Crippen LogP contribution in [0.3, 0.4) is 0 Å². The maximum atomic E-state index is 13.1. The first-order valence-corrected chi connectivity index (χ1v) is 11.1. The zero-order chi connectivity index (χ0) is 25.7. The number of esters is 1. The van der Waals surface area contributed by atoms with Crippen molar-refractivity contribution in [2.75, 3.05) is 5.32 Å². The normalized spacial score (nSPS) is 14.3. The van der Waals surface area contributed by atoms with Crippen LogP contribution < -0.4 is 15.8 Å². The topological polar surface area (TPSA) is 144 Å². The minimum Gasteiger partial charge on any atom is -0.474 e. The van der Waals surface area contributed by atoms with Crippen molar-refractivity contribution in [1.82, 2.24) is 4.98 Å². The summed E-state index contributed by atoms with van der Waals surface area (Å²) < 4.78 is 11.7. The van der Waals surface area contributed by atoms with Crippen LogP contribution in [0.4, 0.5) is 10.6 Å².